The molecule has 3 N–H and O–H groups in total. The molecule has 0 spiro atoms. The van der Waals surface area contributed by atoms with E-state index >= 15 is 0 Å². The number of nitrogens with zero attached hydrogens (tertiary/aromatic N) is 1. The molecule has 4 heteroatoms. The fraction of sp³-hybridized carbons (Fsp3) is 0.529. The Balaban J connectivity index is 1.78. The van der Waals surface area contributed by atoms with Crippen LogP contribution in [0, 0.1) is 0 Å². The van der Waals surface area contributed by atoms with Crippen molar-refractivity contribution in [2.75, 3.05) is 13.7 Å². The lowest BCUT2D eigenvalue weighted by molar-refractivity contribution is 0.132. The third kappa shape index (κ3) is 2.76. The predicted molar refractivity (Wildman–Crippen MR) is 82.5 cm³/mol. The molecule has 0 radical (unpaired) electrons. The van der Waals surface area contributed by atoms with Crippen molar-refractivity contribution in [3.8, 4) is 0 Å². The van der Waals surface area contributed by atoms with Gasteiger partial charge in [0.05, 0.1) is 12.1 Å². The summed E-state index contributed by atoms with van der Waals surface area (Å²) in [7, 11) is 2.20. The summed E-state index contributed by atoms with van der Waals surface area (Å²) in [6.07, 6.45) is 5.02. The molecule has 114 valence electrons. The number of fused-ring (bicyclic) bond motifs is 2. The average molecular weight is 290 g/mol. The lowest BCUT2D eigenvalue weighted by Gasteiger charge is -2.30. The van der Waals surface area contributed by atoms with Crippen molar-refractivity contribution in [3.05, 3.63) is 41.5 Å². The average Bonchev–Trinajstić information content (AvgIpc) is 2.75. The molecule has 0 amide bonds. The van der Waals surface area contributed by atoms with E-state index in [1.165, 1.54) is 24.0 Å². The quantitative estimate of drug-likeness (QED) is 0.894. The Morgan fingerprint density at radius 2 is 2.05 bits per heavy atom. The highest BCUT2D eigenvalue weighted by Crippen LogP contribution is 2.37. The smallest absolute Gasteiger partial charge is 0.107 e. The predicted octanol–water partition coefficient (Wildman–Crippen LogP) is 2.27. The highest BCUT2D eigenvalue weighted by Gasteiger charge is 2.33. The second-order valence-corrected chi connectivity index (χ2v) is 6.25. The maximum atomic E-state index is 12.5. The van der Waals surface area contributed by atoms with Gasteiger partial charge in [0.15, 0.2) is 0 Å². The number of alkyl halides is 1. The summed E-state index contributed by atoms with van der Waals surface area (Å²) in [6.45, 7) is -0.718. The number of aliphatic hydroxyl groups excluding tert-OH is 1. The van der Waals surface area contributed by atoms with Crippen molar-refractivity contribution in [2.24, 2.45) is 5.73 Å². The van der Waals surface area contributed by atoms with Crippen molar-refractivity contribution >= 4 is 5.57 Å². The minimum Gasteiger partial charge on any atom is -0.387 e. The summed E-state index contributed by atoms with van der Waals surface area (Å²) in [6, 6.07) is 8.10. The summed E-state index contributed by atoms with van der Waals surface area (Å²) in [5, 5.41) is 9.93. The van der Waals surface area contributed by atoms with E-state index in [1.807, 2.05) is 24.3 Å². The molecule has 21 heavy (non-hydrogen) atoms. The third-order valence-electron chi connectivity index (χ3n) is 4.95. The van der Waals surface area contributed by atoms with Gasteiger partial charge in [0.2, 0.25) is 0 Å². The Bertz CT molecular complexity index is 528. The first kappa shape index (κ1) is 14.7. The number of hydrogen-bond donors (Lipinski definition) is 2. The molecule has 0 saturated carbocycles. The van der Waals surface area contributed by atoms with Gasteiger partial charge in [0, 0.05) is 12.1 Å². The SMILES string of the molecule is CN1C2C=C(c3ccc([C@@H](O)[C@H](N)CF)cc3)CC1CC2. The van der Waals surface area contributed by atoms with E-state index in [9.17, 15) is 9.50 Å². The molecule has 0 aromatic heterocycles. The summed E-state index contributed by atoms with van der Waals surface area (Å²) in [4.78, 5) is 2.46. The van der Waals surface area contributed by atoms with Gasteiger partial charge in [-0.05, 0) is 43.0 Å². The summed E-state index contributed by atoms with van der Waals surface area (Å²) in [5.74, 6) is 0. The van der Waals surface area contributed by atoms with Crippen LogP contribution < -0.4 is 5.73 Å². The fourth-order valence-electron chi connectivity index (χ4n) is 3.48. The lowest BCUT2D eigenvalue weighted by atomic mass is 9.93. The normalized spacial score (nSPS) is 28.3. The molecule has 2 heterocycles. The lowest BCUT2D eigenvalue weighted by Crippen LogP contribution is -2.34. The maximum Gasteiger partial charge on any atom is 0.107 e. The van der Waals surface area contributed by atoms with Crippen LogP contribution in [0.15, 0.2) is 30.3 Å². The molecule has 1 fully saturated rings. The van der Waals surface area contributed by atoms with Crippen LogP contribution in [0.25, 0.3) is 5.57 Å². The fourth-order valence-corrected chi connectivity index (χ4v) is 3.48. The first-order valence-electron chi connectivity index (χ1n) is 7.62. The van der Waals surface area contributed by atoms with Gasteiger partial charge in [-0.15, -0.1) is 0 Å². The summed E-state index contributed by atoms with van der Waals surface area (Å²) >= 11 is 0. The minimum atomic E-state index is -0.938. The molecule has 1 aromatic rings. The van der Waals surface area contributed by atoms with Crippen LogP contribution in [0.1, 0.15) is 36.5 Å². The number of benzene rings is 1. The first-order chi connectivity index (χ1) is 10.1. The van der Waals surface area contributed by atoms with Gasteiger partial charge in [-0.3, -0.25) is 4.90 Å². The Morgan fingerprint density at radius 1 is 1.33 bits per heavy atom. The van der Waals surface area contributed by atoms with Crippen molar-refractivity contribution in [3.63, 3.8) is 0 Å². The van der Waals surface area contributed by atoms with Crippen molar-refractivity contribution in [2.45, 2.75) is 43.5 Å². The molecule has 3 rings (SSSR count). The van der Waals surface area contributed by atoms with E-state index < -0.39 is 18.8 Å². The monoisotopic (exact) mass is 290 g/mol. The van der Waals surface area contributed by atoms with Crippen LogP contribution in [0.5, 0.6) is 0 Å². The van der Waals surface area contributed by atoms with Gasteiger partial charge < -0.3 is 10.8 Å². The van der Waals surface area contributed by atoms with E-state index in [-0.39, 0.29) is 0 Å². The molecule has 2 aliphatic rings. The second-order valence-electron chi connectivity index (χ2n) is 6.25. The molecule has 2 bridgehead atoms. The number of likely N-dealkylation sites (N-methyl/N-ethyl adjacent to an activating group) is 1. The van der Waals surface area contributed by atoms with Crippen LogP contribution in [0.3, 0.4) is 0 Å². The van der Waals surface area contributed by atoms with Crippen LogP contribution in [0.2, 0.25) is 0 Å². The van der Waals surface area contributed by atoms with Crippen molar-refractivity contribution in [1.29, 1.82) is 0 Å². The third-order valence-corrected chi connectivity index (χ3v) is 4.95. The molecule has 2 unspecified atom stereocenters. The zero-order chi connectivity index (χ0) is 15.0. The zero-order valence-electron chi connectivity index (χ0n) is 12.4. The molecular formula is C17H23FN2O. The van der Waals surface area contributed by atoms with E-state index in [0.29, 0.717) is 17.6 Å². The van der Waals surface area contributed by atoms with Crippen molar-refractivity contribution in [1.82, 2.24) is 4.90 Å². The van der Waals surface area contributed by atoms with Crippen LogP contribution >= 0.6 is 0 Å². The van der Waals surface area contributed by atoms with Gasteiger partial charge in [0.1, 0.15) is 6.67 Å². The van der Waals surface area contributed by atoms with Gasteiger partial charge in [-0.1, -0.05) is 30.3 Å². The highest BCUT2D eigenvalue weighted by molar-refractivity contribution is 5.68. The van der Waals surface area contributed by atoms with E-state index in [4.69, 9.17) is 5.73 Å². The Morgan fingerprint density at radius 3 is 2.67 bits per heavy atom. The van der Waals surface area contributed by atoms with Gasteiger partial charge >= 0.3 is 0 Å². The van der Waals surface area contributed by atoms with Crippen LogP contribution in [-0.4, -0.2) is 41.9 Å². The molecule has 1 aromatic carbocycles. The van der Waals surface area contributed by atoms with E-state index in [2.05, 4.69) is 18.0 Å². The zero-order valence-corrected chi connectivity index (χ0v) is 12.4. The number of rotatable bonds is 4. The van der Waals surface area contributed by atoms with Crippen molar-refractivity contribution < 1.29 is 9.50 Å². The largest absolute Gasteiger partial charge is 0.387 e. The molecule has 4 atom stereocenters. The molecular weight excluding hydrogens is 267 g/mol. The molecule has 0 aliphatic carbocycles. The summed E-state index contributed by atoms with van der Waals surface area (Å²) < 4.78 is 12.5. The number of halogens is 1. The summed E-state index contributed by atoms with van der Waals surface area (Å²) in [5.41, 5.74) is 8.81. The number of aliphatic hydroxyl groups is 1. The molecule has 3 nitrogen and oxygen atoms in total. The Kier molecular flexibility index (Phi) is 4.11. The first-order valence-corrected chi connectivity index (χ1v) is 7.62. The van der Waals surface area contributed by atoms with E-state index in [1.54, 1.807) is 0 Å². The molecule has 2 aliphatic heterocycles. The van der Waals surface area contributed by atoms with Crippen LogP contribution in [0.4, 0.5) is 4.39 Å². The standard InChI is InChI=1S/C17H23FN2O/c1-20-14-6-7-15(20)9-13(8-14)11-2-4-12(5-3-11)17(21)16(19)10-18/h2-5,8,14-17,21H,6-7,9-10,19H2,1H3/t14?,15?,16-,17-/m1/s1. The van der Waals surface area contributed by atoms with Gasteiger partial charge in [0.25, 0.3) is 0 Å². The number of hydrogen-bond acceptors (Lipinski definition) is 3. The Hall–Kier alpha value is -1.23. The van der Waals surface area contributed by atoms with Gasteiger partial charge in [-0.25, -0.2) is 4.39 Å². The highest BCUT2D eigenvalue weighted by atomic mass is 19.1. The molecule has 1 saturated heterocycles. The maximum absolute atomic E-state index is 12.5. The van der Waals surface area contributed by atoms with Crippen LogP contribution in [-0.2, 0) is 0 Å². The minimum absolute atomic E-state index is 0.559. The number of nitrogens with two attached hydrogens (primary N) is 1. The Labute approximate surface area is 125 Å². The second kappa shape index (κ2) is 5.87. The van der Waals surface area contributed by atoms with E-state index in [0.717, 1.165) is 6.42 Å². The van der Waals surface area contributed by atoms with Gasteiger partial charge in [-0.2, -0.15) is 0 Å². The topological polar surface area (TPSA) is 49.5 Å².